The van der Waals surface area contributed by atoms with Crippen molar-refractivity contribution >= 4 is 21.4 Å². The molecule has 0 saturated heterocycles. The van der Waals surface area contributed by atoms with Crippen LogP contribution < -0.4 is 9.46 Å². The van der Waals surface area contributed by atoms with Crippen molar-refractivity contribution in [2.45, 2.75) is 4.90 Å². The van der Waals surface area contributed by atoms with E-state index in [2.05, 4.69) is 4.72 Å². The van der Waals surface area contributed by atoms with E-state index < -0.39 is 14.9 Å². The van der Waals surface area contributed by atoms with E-state index in [1.807, 2.05) is 0 Å². The Morgan fingerprint density at radius 3 is 2.10 bits per heavy atom. The first-order valence-corrected chi connectivity index (χ1v) is 7.32. The fraction of sp³-hybridized carbons (Fsp3) is 0.0769. The molecule has 2 aromatic rings. The average Bonchev–Trinajstić information content (AvgIpc) is 2.48. The molecular weight excluding hydrogens is 296 g/mol. The second-order valence-corrected chi connectivity index (χ2v) is 5.77. The standard InChI is InChI=1S/C13H12N2O5S/c1-20-12-6-2-10(3-7-12)14-21(18,19)13-8-4-11(5-9-13)15(16)17/h2-9,14H,1H3. The molecule has 8 heteroatoms. The van der Waals surface area contributed by atoms with Gasteiger partial charge in [0.05, 0.1) is 16.9 Å². The van der Waals surface area contributed by atoms with Crippen molar-refractivity contribution in [1.82, 2.24) is 0 Å². The summed E-state index contributed by atoms with van der Waals surface area (Å²) in [7, 11) is -2.28. The van der Waals surface area contributed by atoms with Crippen LogP contribution in [0.2, 0.25) is 0 Å². The first-order valence-electron chi connectivity index (χ1n) is 5.84. The molecule has 0 aliphatic heterocycles. The van der Waals surface area contributed by atoms with Crippen molar-refractivity contribution in [3.05, 3.63) is 58.6 Å². The van der Waals surface area contributed by atoms with E-state index in [9.17, 15) is 18.5 Å². The molecule has 0 aliphatic carbocycles. The number of non-ortho nitro benzene ring substituents is 1. The van der Waals surface area contributed by atoms with Crippen LogP contribution in [-0.2, 0) is 10.0 Å². The van der Waals surface area contributed by atoms with Crippen LogP contribution in [0.25, 0.3) is 0 Å². The normalized spacial score (nSPS) is 10.9. The summed E-state index contributed by atoms with van der Waals surface area (Å²) in [6.07, 6.45) is 0. The summed E-state index contributed by atoms with van der Waals surface area (Å²) >= 11 is 0. The molecule has 0 saturated carbocycles. The minimum atomic E-state index is -3.79. The summed E-state index contributed by atoms with van der Waals surface area (Å²) in [4.78, 5) is 9.90. The largest absolute Gasteiger partial charge is 0.497 e. The highest BCUT2D eigenvalue weighted by Crippen LogP contribution is 2.21. The fourth-order valence-electron chi connectivity index (χ4n) is 1.62. The zero-order valence-corrected chi connectivity index (χ0v) is 11.8. The van der Waals surface area contributed by atoms with Crippen molar-refractivity contribution in [1.29, 1.82) is 0 Å². The highest BCUT2D eigenvalue weighted by Gasteiger charge is 2.15. The number of benzene rings is 2. The van der Waals surface area contributed by atoms with Crippen LogP contribution in [0.15, 0.2) is 53.4 Å². The Morgan fingerprint density at radius 1 is 1.05 bits per heavy atom. The summed E-state index contributed by atoms with van der Waals surface area (Å²) < 4.78 is 31.6. The summed E-state index contributed by atoms with van der Waals surface area (Å²) in [5, 5.41) is 10.5. The highest BCUT2D eigenvalue weighted by molar-refractivity contribution is 7.92. The SMILES string of the molecule is COc1ccc(NS(=O)(=O)c2ccc([N+](=O)[O-])cc2)cc1. The predicted octanol–water partition coefficient (Wildman–Crippen LogP) is 2.40. The third-order valence-electron chi connectivity index (χ3n) is 2.70. The molecule has 0 aliphatic rings. The van der Waals surface area contributed by atoms with Gasteiger partial charge in [0.2, 0.25) is 0 Å². The third kappa shape index (κ3) is 3.48. The van der Waals surface area contributed by atoms with Gasteiger partial charge in [-0.3, -0.25) is 14.8 Å². The first kappa shape index (κ1) is 14.8. The molecule has 21 heavy (non-hydrogen) atoms. The number of hydrogen-bond donors (Lipinski definition) is 1. The Kier molecular flexibility index (Phi) is 4.08. The van der Waals surface area contributed by atoms with Gasteiger partial charge in [0, 0.05) is 17.8 Å². The lowest BCUT2D eigenvalue weighted by atomic mass is 10.3. The van der Waals surface area contributed by atoms with Gasteiger partial charge in [0.15, 0.2) is 0 Å². The summed E-state index contributed by atoms with van der Waals surface area (Å²) in [6.45, 7) is 0. The van der Waals surface area contributed by atoms with Gasteiger partial charge >= 0.3 is 0 Å². The van der Waals surface area contributed by atoms with E-state index in [1.165, 1.54) is 19.2 Å². The van der Waals surface area contributed by atoms with E-state index >= 15 is 0 Å². The number of anilines is 1. The van der Waals surface area contributed by atoms with Crippen molar-refractivity contribution in [3.63, 3.8) is 0 Å². The maximum absolute atomic E-state index is 12.1. The molecule has 0 heterocycles. The summed E-state index contributed by atoms with van der Waals surface area (Å²) in [6, 6.07) is 11.0. The predicted molar refractivity (Wildman–Crippen MR) is 76.9 cm³/mol. The van der Waals surface area contributed by atoms with Crippen molar-refractivity contribution in [3.8, 4) is 5.75 Å². The molecule has 2 aromatic carbocycles. The molecule has 0 radical (unpaired) electrons. The second-order valence-electron chi connectivity index (χ2n) is 4.09. The van der Waals surface area contributed by atoms with Crippen LogP contribution in [0.3, 0.4) is 0 Å². The maximum Gasteiger partial charge on any atom is 0.269 e. The van der Waals surface area contributed by atoms with Crippen molar-refractivity contribution < 1.29 is 18.1 Å². The van der Waals surface area contributed by atoms with Crippen LogP contribution in [-0.4, -0.2) is 20.5 Å². The minimum absolute atomic E-state index is 0.0519. The lowest BCUT2D eigenvalue weighted by Gasteiger charge is -2.08. The molecule has 0 aromatic heterocycles. The van der Waals surface area contributed by atoms with E-state index in [-0.39, 0.29) is 10.6 Å². The molecule has 2 rings (SSSR count). The van der Waals surface area contributed by atoms with Gasteiger partial charge in [-0.2, -0.15) is 0 Å². The minimum Gasteiger partial charge on any atom is -0.497 e. The van der Waals surface area contributed by atoms with Gasteiger partial charge in [-0.05, 0) is 36.4 Å². The molecule has 1 N–H and O–H groups in total. The van der Waals surface area contributed by atoms with E-state index in [1.54, 1.807) is 24.3 Å². The molecular formula is C13H12N2O5S. The Labute approximate surface area is 121 Å². The Hall–Kier alpha value is -2.61. The smallest absolute Gasteiger partial charge is 0.269 e. The number of nitro groups is 1. The van der Waals surface area contributed by atoms with Gasteiger partial charge in [0.1, 0.15) is 5.75 Å². The number of sulfonamides is 1. The zero-order chi connectivity index (χ0) is 15.5. The monoisotopic (exact) mass is 308 g/mol. The van der Waals surface area contributed by atoms with Gasteiger partial charge in [-0.25, -0.2) is 8.42 Å². The molecule has 0 atom stereocenters. The Bertz CT molecular complexity index is 739. The van der Waals surface area contributed by atoms with Gasteiger partial charge < -0.3 is 4.74 Å². The lowest BCUT2D eigenvalue weighted by molar-refractivity contribution is -0.384. The highest BCUT2D eigenvalue weighted by atomic mass is 32.2. The van der Waals surface area contributed by atoms with Crippen LogP contribution in [0.5, 0.6) is 5.75 Å². The van der Waals surface area contributed by atoms with E-state index in [0.29, 0.717) is 11.4 Å². The topological polar surface area (TPSA) is 98.5 Å². The Balaban J connectivity index is 2.22. The van der Waals surface area contributed by atoms with Gasteiger partial charge in [-0.15, -0.1) is 0 Å². The molecule has 0 unspecified atom stereocenters. The molecule has 0 bridgehead atoms. The number of methoxy groups -OCH3 is 1. The number of nitrogens with one attached hydrogen (secondary N) is 1. The number of ether oxygens (including phenoxy) is 1. The van der Waals surface area contributed by atoms with Crippen molar-refractivity contribution in [2.75, 3.05) is 11.8 Å². The first-order chi connectivity index (χ1) is 9.92. The average molecular weight is 308 g/mol. The maximum atomic E-state index is 12.1. The van der Waals surface area contributed by atoms with Crippen LogP contribution in [0.1, 0.15) is 0 Å². The molecule has 0 amide bonds. The number of rotatable bonds is 5. The van der Waals surface area contributed by atoms with Gasteiger partial charge in [0.25, 0.3) is 15.7 Å². The third-order valence-corrected chi connectivity index (χ3v) is 4.10. The molecule has 0 fully saturated rings. The number of nitro benzene ring substituents is 1. The fourth-order valence-corrected chi connectivity index (χ4v) is 2.68. The Morgan fingerprint density at radius 2 is 1.62 bits per heavy atom. The molecule has 7 nitrogen and oxygen atoms in total. The molecule has 110 valence electrons. The second kappa shape index (κ2) is 5.80. The zero-order valence-electron chi connectivity index (χ0n) is 11.0. The quantitative estimate of drug-likeness (QED) is 0.675. The van der Waals surface area contributed by atoms with Crippen molar-refractivity contribution in [2.24, 2.45) is 0 Å². The summed E-state index contributed by atoms with van der Waals surface area (Å²) in [5.74, 6) is 0.605. The van der Waals surface area contributed by atoms with Gasteiger partial charge in [-0.1, -0.05) is 0 Å². The van der Waals surface area contributed by atoms with Crippen LogP contribution >= 0.6 is 0 Å². The van der Waals surface area contributed by atoms with E-state index in [4.69, 9.17) is 4.74 Å². The number of hydrogen-bond acceptors (Lipinski definition) is 5. The number of nitrogens with zero attached hydrogens (tertiary/aromatic N) is 1. The summed E-state index contributed by atoms with van der Waals surface area (Å²) in [5.41, 5.74) is 0.201. The van der Waals surface area contributed by atoms with Crippen LogP contribution in [0, 0.1) is 10.1 Å². The van der Waals surface area contributed by atoms with E-state index in [0.717, 1.165) is 12.1 Å². The lowest BCUT2D eigenvalue weighted by Crippen LogP contribution is -2.12. The van der Waals surface area contributed by atoms with Crippen LogP contribution in [0.4, 0.5) is 11.4 Å². The molecule has 0 spiro atoms.